The number of hydrogen-bond acceptors (Lipinski definition) is 10. The Kier molecular flexibility index (Phi) is 13.8. The molecule has 2 saturated carbocycles. The second-order valence-electron chi connectivity index (χ2n) is 16.3. The van der Waals surface area contributed by atoms with Crippen molar-refractivity contribution in [2.24, 2.45) is 28.8 Å². The second-order valence-corrected chi connectivity index (χ2v) is 16.3. The van der Waals surface area contributed by atoms with E-state index in [2.05, 4.69) is 25.6 Å². The molecule has 0 radical (unpaired) electrons. The van der Waals surface area contributed by atoms with Gasteiger partial charge in [-0.05, 0) is 106 Å². The fraction of sp³-hybridized carbons (Fsp3) is 0.587. The van der Waals surface area contributed by atoms with Gasteiger partial charge in [0.15, 0.2) is 0 Å². The summed E-state index contributed by atoms with van der Waals surface area (Å²) >= 11 is 0. The minimum atomic E-state index is -1.29. The van der Waals surface area contributed by atoms with E-state index >= 15 is 0 Å². The normalized spacial score (nSPS) is 28.3. The van der Waals surface area contributed by atoms with Crippen LogP contribution in [0.25, 0.3) is 0 Å². The van der Waals surface area contributed by atoms with Crippen LogP contribution in [0, 0.1) is 23.7 Å². The maximum Gasteiger partial charge on any atom is 0.239 e. The monoisotopic (exact) mass is 784 g/mol. The van der Waals surface area contributed by atoms with Gasteiger partial charge in [0.25, 0.3) is 0 Å². The summed E-state index contributed by atoms with van der Waals surface area (Å²) in [4.78, 5) is 34.3. The van der Waals surface area contributed by atoms with Gasteiger partial charge < -0.3 is 38.9 Å². The average Bonchev–Trinajstić information content (AvgIpc) is 4.09. The van der Waals surface area contributed by atoms with Gasteiger partial charge in [-0.2, -0.15) is 0 Å². The van der Waals surface area contributed by atoms with Gasteiger partial charge in [-0.1, -0.05) is 49.2 Å². The number of unbranched alkanes of at least 4 members (excludes halogenated alkanes) is 2. The highest BCUT2D eigenvalue weighted by atomic mass is 16.8. The number of oxime groups is 1. The van der Waals surface area contributed by atoms with Crippen LogP contribution in [-0.2, 0) is 19.1 Å². The van der Waals surface area contributed by atoms with Crippen LogP contribution in [0.5, 0.6) is 17.2 Å². The Hall–Kier alpha value is -4.03. The Bertz CT molecular complexity index is 1770. The van der Waals surface area contributed by atoms with Gasteiger partial charge in [-0.25, -0.2) is 0 Å². The van der Waals surface area contributed by atoms with E-state index in [-0.39, 0.29) is 49.4 Å². The van der Waals surface area contributed by atoms with Crippen molar-refractivity contribution in [1.29, 1.82) is 0 Å². The van der Waals surface area contributed by atoms with Crippen LogP contribution >= 0.6 is 0 Å². The van der Waals surface area contributed by atoms with Crippen molar-refractivity contribution >= 4 is 17.9 Å². The van der Waals surface area contributed by atoms with Gasteiger partial charge in [0.2, 0.25) is 18.0 Å². The number of amides is 1. The molecule has 1 amide bonds. The standard InChI is InChI=1S/C46H60N2O9/c1-3-21-48(45(52)32-17-18-32)41-29-39(47-57-42-16-7-10-25-53-42)37-27-33(13-5-8-22-49)36(15-6-9-23-50)43-38-28-35(55-34-14-11-12-31(26-34)30-51)19-20-40(38)56-46(41,44(37)43)54-24-4-2/h4,11-12,14,19-20,26-28,30,32-33,36,41-44,49-50H,2-3,5-10,13,15-18,21-25,29H2,1H3. The van der Waals surface area contributed by atoms with Gasteiger partial charge in [0.05, 0.1) is 24.8 Å². The summed E-state index contributed by atoms with van der Waals surface area (Å²) in [5.41, 5.74) is 3.26. The highest BCUT2D eigenvalue weighted by molar-refractivity contribution is 6.03. The fourth-order valence-corrected chi connectivity index (χ4v) is 9.64. The third kappa shape index (κ3) is 9.02. The molecule has 2 aliphatic heterocycles. The highest BCUT2D eigenvalue weighted by Gasteiger charge is 2.65. The SMILES string of the molecule is C=CCOC12Oc3ccc(Oc4cccc(C=O)c4)cc3C3C(CCCCO)C(CCCCO)C=C(C(=NOC4CCCCO4)CC1N(CCC)C(=O)C1CC1)C32. The lowest BCUT2D eigenvalue weighted by molar-refractivity contribution is -0.258. The molecule has 11 nitrogen and oxygen atoms in total. The number of ether oxygens (including phenoxy) is 4. The van der Waals surface area contributed by atoms with Crippen molar-refractivity contribution in [2.75, 3.05) is 33.0 Å². The number of aliphatic hydroxyl groups excluding tert-OH is 2. The molecule has 0 aromatic heterocycles. The van der Waals surface area contributed by atoms with E-state index in [9.17, 15) is 19.8 Å². The molecule has 2 aromatic carbocycles. The Morgan fingerprint density at radius 1 is 1.04 bits per heavy atom. The third-order valence-electron chi connectivity index (χ3n) is 12.3. The average molecular weight is 785 g/mol. The van der Waals surface area contributed by atoms with Crippen molar-refractivity contribution in [3.05, 3.63) is 77.9 Å². The molecule has 7 unspecified atom stereocenters. The maximum atomic E-state index is 14.4. The van der Waals surface area contributed by atoms with Crippen LogP contribution < -0.4 is 9.47 Å². The molecule has 1 saturated heterocycles. The summed E-state index contributed by atoms with van der Waals surface area (Å²) < 4.78 is 26.8. The van der Waals surface area contributed by atoms with Crippen LogP contribution in [0.15, 0.2) is 71.9 Å². The first-order valence-corrected chi connectivity index (χ1v) is 21.3. The van der Waals surface area contributed by atoms with Gasteiger partial charge in [0.1, 0.15) is 29.6 Å². The molecule has 7 rings (SSSR count). The number of nitrogens with zero attached hydrogens (tertiary/aromatic N) is 2. The molecule has 308 valence electrons. The molecular formula is C46H60N2O9. The lowest BCUT2D eigenvalue weighted by Crippen LogP contribution is -2.70. The maximum absolute atomic E-state index is 14.4. The summed E-state index contributed by atoms with van der Waals surface area (Å²) in [5.74, 6) is 0.279. The zero-order chi connectivity index (χ0) is 39.8. The van der Waals surface area contributed by atoms with E-state index in [1.807, 2.05) is 23.1 Å². The molecular weight excluding hydrogens is 725 g/mol. The zero-order valence-corrected chi connectivity index (χ0v) is 33.4. The molecule has 2 aromatic rings. The molecule has 3 aliphatic carbocycles. The Labute approximate surface area is 337 Å². The van der Waals surface area contributed by atoms with Crippen LogP contribution in [-0.4, -0.2) is 84.1 Å². The van der Waals surface area contributed by atoms with E-state index in [1.165, 1.54) is 0 Å². The van der Waals surface area contributed by atoms with E-state index in [0.29, 0.717) is 55.2 Å². The summed E-state index contributed by atoms with van der Waals surface area (Å²) in [6.07, 6.45) is 14.8. The van der Waals surface area contributed by atoms with E-state index in [1.54, 1.807) is 24.3 Å². The number of aldehydes is 1. The van der Waals surface area contributed by atoms with Crippen LogP contribution in [0.4, 0.5) is 0 Å². The predicted molar refractivity (Wildman–Crippen MR) is 216 cm³/mol. The first kappa shape index (κ1) is 41.1. The molecule has 2 heterocycles. The number of aliphatic hydroxyl groups is 2. The minimum absolute atomic E-state index is 0.0187. The number of carbonyl (C=O) groups is 2. The van der Waals surface area contributed by atoms with Crippen LogP contribution in [0.1, 0.15) is 112 Å². The van der Waals surface area contributed by atoms with E-state index in [4.69, 9.17) is 28.9 Å². The summed E-state index contributed by atoms with van der Waals surface area (Å²) in [6, 6.07) is 12.5. The van der Waals surface area contributed by atoms with Crippen molar-refractivity contribution in [3.8, 4) is 17.2 Å². The molecule has 7 atom stereocenters. The first-order chi connectivity index (χ1) is 27.9. The zero-order valence-electron chi connectivity index (χ0n) is 33.4. The van der Waals surface area contributed by atoms with E-state index < -0.39 is 24.0 Å². The van der Waals surface area contributed by atoms with Crippen LogP contribution in [0.3, 0.4) is 0 Å². The van der Waals surface area contributed by atoms with Crippen molar-refractivity contribution in [2.45, 2.75) is 114 Å². The predicted octanol–water partition coefficient (Wildman–Crippen LogP) is 8.10. The lowest BCUT2D eigenvalue weighted by Gasteiger charge is -2.60. The van der Waals surface area contributed by atoms with Gasteiger partial charge in [0, 0.05) is 55.6 Å². The summed E-state index contributed by atoms with van der Waals surface area (Å²) in [6.45, 7) is 7.74. The fourth-order valence-electron chi connectivity index (χ4n) is 9.64. The Morgan fingerprint density at radius 2 is 1.84 bits per heavy atom. The largest absolute Gasteiger partial charge is 0.459 e. The van der Waals surface area contributed by atoms with Crippen molar-refractivity contribution in [3.63, 3.8) is 0 Å². The number of hydrogen-bond donors (Lipinski definition) is 2. The van der Waals surface area contributed by atoms with E-state index in [0.717, 1.165) is 87.3 Å². The highest BCUT2D eigenvalue weighted by Crippen LogP contribution is 2.62. The summed E-state index contributed by atoms with van der Waals surface area (Å²) in [7, 11) is 0. The molecule has 0 spiro atoms. The summed E-state index contributed by atoms with van der Waals surface area (Å²) in [5, 5.41) is 24.7. The van der Waals surface area contributed by atoms with Crippen molar-refractivity contribution in [1.82, 2.24) is 4.90 Å². The number of rotatable bonds is 20. The second kappa shape index (κ2) is 19.1. The topological polar surface area (TPSA) is 136 Å². The molecule has 3 fully saturated rings. The van der Waals surface area contributed by atoms with Gasteiger partial charge in [-0.3, -0.25) is 9.59 Å². The number of benzene rings is 2. The first-order valence-electron chi connectivity index (χ1n) is 21.3. The molecule has 2 N–H and O–H groups in total. The van der Waals surface area contributed by atoms with Gasteiger partial charge >= 0.3 is 0 Å². The number of fused-ring (bicyclic) bond motifs is 2. The number of allylic oxidation sites excluding steroid dienone is 1. The smallest absolute Gasteiger partial charge is 0.239 e. The molecule has 11 heteroatoms. The minimum Gasteiger partial charge on any atom is -0.459 e. The van der Waals surface area contributed by atoms with Crippen LogP contribution in [0.2, 0.25) is 0 Å². The van der Waals surface area contributed by atoms with Gasteiger partial charge in [-0.15, -0.1) is 6.58 Å². The molecule has 5 aliphatic rings. The van der Waals surface area contributed by atoms with Crippen molar-refractivity contribution < 1.29 is 43.6 Å². The Morgan fingerprint density at radius 3 is 2.56 bits per heavy atom. The lowest BCUT2D eigenvalue weighted by atomic mass is 9.55. The molecule has 0 bridgehead atoms. The third-order valence-corrected chi connectivity index (χ3v) is 12.3. The Balaban J connectivity index is 1.43. The molecule has 57 heavy (non-hydrogen) atoms. The quantitative estimate of drug-likeness (QED) is 0.0591. The number of carbonyl (C=O) groups excluding carboxylic acids is 2.